The van der Waals surface area contributed by atoms with Crippen molar-refractivity contribution >= 4 is 15.8 Å². The zero-order chi connectivity index (χ0) is 18.7. The number of aromatic nitrogens is 3. The van der Waals surface area contributed by atoms with Crippen LogP contribution in [0.2, 0.25) is 0 Å². The summed E-state index contributed by atoms with van der Waals surface area (Å²) in [7, 11) is -1.89. The van der Waals surface area contributed by atoms with E-state index in [0.29, 0.717) is 11.3 Å². The number of hydrogen-bond acceptors (Lipinski definition) is 5. The van der Waals surface area contributed by atoms with Crippen molar-refractivity contribution in [2.24, 2.45) is 7.05 Å². The van der Waals surface area contributed by atoms with Gasteiger partial charge in [0.15, 0.2) is 5.78 Å². The lowest BCUT2D eigenvalue weighted by Gasteiger charge is -2.05. The Morgan fingerprint density at radius 1 is 1.12 bits per heavy atom. The molecule has 8 heteroatoms. The number of rotatable bonds is 6. The second-order valence-electron chi connectivity index (χ2n) is 5.79. The fourth-order valence-corrected chi connectivity index (χ4v) is 3.53. The van der Waals surface area contributed by atoms with Crippen molar-refractivity contribution in [1.29, 1.82) is 0 Å². The standard InChI is InChI=1S/C18H18N4O3S/c1-13(23)14-3-5-17(6-4-14)26(24,25)20-12-16-11-18(22(2)21-16)15-7-9-19-10-8-15/h3-11,20H,12H2,1-2H3. The topological polar surface area (TPSA) is 94.0 Å². The Labute approximate surface area is 151 Å². The number of nitrogens with one attached hydrogen (secondary N) is 1. The maximum absolute atomic E-state index is 12.4. The van der Waals surface area contributed by atoms with E-state index in [9.17, 15) is 13.2 Å². The first-order valence-corrected chi connectivity index (χ1v) is 9.39. The average Bonchev–Trinajstić information content (AvgIpc) is 3.02. The summed E-state index contributed by atoms with van der Waals surface area (Å²) >= 11 is 0. The van der Waals surface area contributed by atoms with Gasteiger partial charge < -0.3 is 0 Å². The molecule has 1 aromatic carbocycles. The molecule has 0 aliphatic carbocycles. The molecule has 1 N–H and O–H groups in total. The molecule has 0 radical (unpaired) electrons. The van der Waals surface area contributed by atoms with Gasteiger partial charge in [0.1, 0.15) is 0 Å². The van der Waals surface area contributed by atoms with Gasteiger partial charge in [-0.3, -0.25) is 14.5 Å². The third kappa shape index (κ3) is 3.87. The van der Waals surface area contributed by atoms with E-state index in [2.05, 4.69) is 14.8 Å². The Kier molecular flexibility index (Phi) is 4.97. The molecule has 0 amide bonds. The average molecular weight is 370 g/mol. The van der Waals surface area contributed by atoms with Gasteiger partial charge in [0.2, 0.25) is 10.0 Å². The van der Waals surface area contributed by atoms with Gasteiger partial charge in [-0.25, -0.2) is 13.1 Å². The minimum Gasteiger partial charge on any atom is -0.295 e. The molecule has 0 fully saturated rings. The molecule has 0 bridgehead atoms. The summed E-state index contributed by atoms with van der Waals surface area (Å²) in [6.07, 6.45) is 3.38. The third-order valence-corrected chi connectivity index (χ3v) is 5.34. The molecule has 0 saturated heterocycles. The molecule has 0 spiro atoms. The van der Waals surface area contributed by atoms with Crippen LogP contribution in [0.15, 0.2) is 59.8 Å². The van der Waals surface area contributed by atoms with Gasteiger partial charge in [-0.2, -0.15) is 5.10 Å². The van der Waals surface area contributed by atoms with Crippen LogP contribution >= 0.6 is 0 Å². The van der Waals surface area contributed by atoms with E-state index in [-0.39, 0.29) is 17.2 Å². The van der Waals surface area contributed by atoms with E-state index in [1.54, 1.807) is 24.1 Å². The number of benzene rings is 1. The lowest BCUT2D eigenvalue weighted by Crippen LogP contribution is -2.23. The molecule has 7 nitrogen and oxygen atoms in total. The van der Waals surface area contributed by atoms with Crippen molar-refractivity contribution in [2.75, 3.05) is 0 Å². The van der Waals surface area contributed by atoms with Crippen LogP contribution in [-0.4, -0.2) is 29.0 Å². The van der Waals surface area contributed by atoms with Crippen molar-refractivity contribution in [3.8, 4) is 11.3 Å². The highest BCUT2D eigenvalue weighted by Crippen LogP contribution is 2.19. The molecule has 0 aliphatic rings. The summed E-state index contributed by atoms with van der Waals surface area (Å²) in [5.41, 5.74) is 2.88. The number of hydrogen-bond donors (Lipinski definition) is 1. The molecule has 2 heterocycles. The van der Waals surface area contributed by atoms with Crippen LogP contribution in [0.3, 0.4) is 0 Å². The molecule has 0 aliphatic heterocycles. The zero-order valence-electron chi connectivity index (χ0n) is 14.4. The number of aryl methyl sites for hydroxylation is 1. The van der Waals surface area contributed by atoms with Crippen molar-refractivity contribution in [3.05, 3.63) is 66.1 Å². The van der Waals surface area contributed by atoms with Crippen LogP contribution in [0.4, 0.5) is 0 Å². The lowest BCUT2D eigenvalue weighted by molar-refractivity contribution is 0.101. The second-order valence-corrected chi connectivity index (χ2v) is 7.55. The number of carbonyl (C=O) groups is 1. The van der Waals surface area contributed by atoms with Crippen LogP contribution < -0.4 is 4.72 Å². The normalized spacial score (nSPS) is 11.5. The maximum atomic E-state index is 12.4. The third-order valence-electron chi connectivity index (χ3n) is 3.92. The molecule has 0 unspecified atom stereocenters. The van der Waals surface area contributed by atoms with E-state index in [4.69, 9.17) is 0 Å². The Morgan fingerprint density at radius 2 is 1.77 bits per heavy atom. The van der Waals surface area contributed by atoms with Gasteiger partial charge in [0.25, 0.3) is 0 Å². The van der Waals surface area contributed by atoms with Gasteiger partial charge in [-0.05, 0) is 37.3 Å². The maximum Gasteiger partial charge on any atom is 0.240 e. The zero-order valence-corrected chi connectivity index (χ0v) is 15.2. The molecular formula is C18H18N4O3S. The molecule has 0 saturated carbocycles. The van der Waals surface area contributed by atoms with E-state index in [1.807, 2.05) is 18.2 Å². The largest absolute Gasteiger partial charge is 0.295 e. The minimum absolute atomic E-state index is 0.0652. The molecule has 0 atom stereocenters. The molecular weight excluding hydrogens is 352 g/mol. The number of Topliss-reactive ketones (excluding diaryl/α,β-unsaturated/α-hetero) is 1. The van der Waals surface area contributed by atoms with Crippen LogP contribution in [0, 0.1) is 0 Å². The summed E-state index contributed by atoms with van der Waals surface area (Å²) in [6, 6.07) is 11.4. The Bertz CT molecular complexity index is 1030. The lowest BCUT2D eigenvalue weighted by atomic mass is 10.2. The molecule has 134 valence electrons. The van der Waals surface area contributed by atoms with Gasteiger partial charge in [0, 0.05) is 30.6 Å². The summed E-state index contributed by atoms with van der Waals surface area (Å²) < 4.78 is 29.0. The van der Waals surface area contributed by atoms with Gasteiger partial charge in [0.05, 0.1) is 22.8 Å². The predicted octanol–water partition coefficient (Wildman–Crippen LogP) is 2.16. The highest BCUT2D eigenvalue weighted by molar-refractivity contribution is 7.89. The summed E-state index contributed by atoms with van der Waals surface area (Å²) in [6.45, 7) is 1.50. The summed E-state index contributed by atoms with van der Waals surface area (Å²) in [5, 5.41) is 4.35. The predicted molar refractivity (Wildman–Crippen MR) is 96.9 cm³/mol. The second kappa shape index (κ2) is 7.19. The number of ketones is 1. The van der Waals surface area contributed by atoms with Crippen molar-refractivity contribution < 1.29 is 13.2 Å². The summed E-state index contributed by atoms with van der Waals surface area (Å²) in [5.74, 6) is -0.112. The van der Waals surface area contributed by atoms with E-state index in [0.717, 1.165) is 11.3 Å². The highest BCUT2D eigenvalue weighted by atomic mass is 32.2. The Morgan fingerprint density at radius 3 is 2.38 bits per heavy atom. The van der Waals surface area contributed by atoms with Gasteiger partial charge in [-0.15, -0.1) is 0 Å². The quantitative estimate of drug-likeness (QED) is 0.671. The van der Waals surface area contributed by atoms with Crippen molar-refractivity contribution in [3.63, 3.8) is 0 Å². The Balaban J connectivity index is 1.75. The van der Waals surface area contributed by atoms with Crippen molar-refractivity contribution in [2.45, 2.75) is 18.4 Å². The number of carbonyl (C=O) groups excluding carboxylic acids is 1. The number of nitrogens with zero attached hydrogens (tertiary/aromatic N) is 3. The number of pyridine rings is 1. The SMILES string of the molecule is CC(=O)c1ccc(S(=O)(=O)NCc2cc(-c3ccncc3)n(C)n2)cc1. The van der Waals surface area contributed by atoms with Crippen LogP contribution in [0.25, 0.3) is 11.3 Å². The van der Waals surface area contributed by atoms with Crippen LogP contribution in [0.5, 0.6) is 0 Å². The fraction of sp³-hybridized carbons (Fsp3) is 0.167. The van der Waals surface area contributed by atoms with Gasteiger partial charge >= 0.3 is 0 Å². The van der Waals surface area contributed by atoms with E-state index in [1.165, 1.54) is 31.2 Å². The Hall–Kier alpha value is -2.84. The van der Waals surface area contributed by atoms with Crippen molar-refractivity contribution in [1.82, 2.24) is 19.5 Å². The minimum atomic E-state index is -3.69. The number of sulfonamides is 1. The monoisotopic (exact) mass is 370 g/mol. The van der Waals surface area contributed by atoms with Crippen LogP contribution in [0.1, 0.15) is 23.0 Å². The van der Waals surface area contributed by atoms with E-state index < -0.39 is 10.0 Å². The first-order chi connectivity index (χ1) is 12.4. The van der Waals surface area contributed by atoms with Gasteiger partial charge in [-0.1, -0.05) is 12.1 Å². The highest BCUT2D eigenvalue weighted by Gasteiger charge is 2.16. The van der Waals surface area contributed by atoms with Crippen LogP contribution in [-0.2, 0) is 23.6 Å². The molecule has 2 aromatic heterocycles. The first-order valence-electron chi connectivity index (χ1n) is 7.91. The fourth-order valence-electron chi connectivity index (χ4n) is 2.53. The smallest absolute Gasteiger partial charge is 0.240 e. The first kappa shape index (κ1) is 18.0. The van der Waals surface area contributed by atoms with E-state index >= 15 is 0 Å². The summed E-state index contributed by atoms with van der Waals surface area (Å²) in [4.78, 5) is 15.4. The molecule has 26 heavy (non-hydrogen) atoms. The molecule has 3 rings (SSSR count). The molecule has 3 aromatic rings.